The number of aromatic nitrogens is 4. The van der Waals surface area contributed by atoms with Gasteiger partial charge in [0.15, 0.2) is 0 Å². The van der Waals surface area contributed by atoms with Crippen LogP contribution in [0.1, 0.15) is 34.0 Å². The van der Waals surface area contributed by atoms with E-state index in [-0.39, 0.29) is 29.9 Å². The fourth-order valence-electron chi connectivity index (χ4n) is 5.03. The van der Waals surface area contributed by atoms with Crippen LogP contribution >= 0.6 is 0 Å². The summed E-state index contributed by atoms with van der Waals surface area (Å²) in [5.41, 5.74) is 4.41. The lowest BCUT2D eigenvalue weighted by molar-refractivity contribution is -0.117. The number of nitrogens with one attached hydrogen (secondary N) is 3. The smallest absolute Gasteiger partial charge is 0.277 e. The van der Waals surface area contributed by atoms with Crippen molar-refractivity contribution >= 4 is 28.4 Å². The van der Waals surface area contributed by atoms with Gasteiger partial charge < -0.3 is 20.5 Å². The highest BCUT2D eigenvalue weighted by Crippen LogP contribution is 2.27. The van der Waals surface area contributed by atoms with E-state index in [1.54, 1.807) is 64.6 Å². The average Bonchev–Trinajstić information content (AvgIpc) is 3.34. The Morgan fingerprint density at radius 1 is 1.05 bits per heavy atom. The fourth-order valence-corrected chi connectivity index (χ4v) is 5.03. The lowest BCUT2D eigenvalue weighted by Crippen LogP contribution is -2.38. The molecule has 3 aromatic heterocycles. The van der Waals surface area contributed by atoms with Crippen molar-refractivity contribution in [1.29, 1.82) is 0 Å². The quantitative estimate of drug-likeness (QED) is 0.255. The minimum absolute atomic E-state index is 0.0223. The molecule has 2 aromatic carbocycles. The Kier molecular flexibility index (Phi) is 8.18. The van der Waals surface area contributed by atoms with Crippen molar-refractivity contribution in [2.45, 2.75) is 33.4 Å². The van der Waals surface area contributed by atoms with E-state index in [2.05, 4.69) is 25.9 Å². The topological polar surface area (TPSA) is 123 Å². The predicted molar refractivity (Wildman–Crippen MR) is 164 cm³/mol. The molecule has 1 atom stereocenters. The molecule has 0 fully saturated rings. The lowest BCUT2D eigenvalue weighted by atomic mass is 10.0. The standard InChI is InChI=1S/C32H32FN7O3/c1-18-16-39(28-10-9-22(33)12-26(18)28)23-11-21(13-36-14-23)17-40-29(24-7-6-8-25(19(24)2)31(42)35-5)37-15-27(32(40)43)38-30(41)20(3)34-4/h6-16,20,34H,17H2,1-5H3,(H,35,42)(H,38,41). The van der Waals surface area contributed by atoms with Crippen molar-refractivity contribution in [2.75, 3.05) is 19.4 Å². The molecule has 0 aliphatic carbocycles. The minimum Gasteiger partial charge on any atom is -0.355 e. The van der Waals surface area contributed by atoms with Gasteiger partial charge in [-0.1, -0.05) is 12.1 Å². The molecule has 43 heavy (non-hydrogen) atoms. The van der Waals surface area contributed by atoms with Crippen LogP contribution in [0.4, 0.5) is 10.1 Å². The number of hydrogen-bond donors (Lipinski definition) is 3. The second-order valence-electron chi connectivity index (χ2n) is 10.3. The molecule has 0 aliphatic rings. The summed E-state index contributed by atoms with van der Waals surface area (Å²) in [7, 11) is 3.20. The van der Waals surface area contributed by atoms with E-state index in [4.69, 9.17) is 0 Å². The first kappa shape index (κ1) is 29.3. The van der Waals surface area contributed by atoms with Crippen LogP contribution in [0.2, 0.25) is 0 Å². The van der Waals surface area contributed by atoms with E-state index in [0.29, 0.717) is 28.1 Å². The van der Waals surface area contributed by atoms with Crippen LogP contribution < -0.4 is 21.5 Å². The summed E-state index contributed by atoms with van der Waals surface area (Å²) in [6, 6.07) is 11.2. The maximum Gasteiger partial charge on any atom is 0.277 e. The van der Waals surface area contributed by atoms with Crippen molar-refractivity contribution in [3.8, 4) is 17.1 Å². The number of likely N-dealkylation sites (N-methyl/N-ethyl adjacent to an activating group) is 1. The van der Waals surface area contributed by atoms with Crippen LogP contribution in [0.25, 0.3) is 28.0 Å². The van der Waals surface area contributed by atoms with Crippen LogP contribution in [0.15, 0.2) is 72.0 Å². The minimum atomic E-state index is -0.534. The first-order chi connectivity index (χ1) is 20.6. The third kappa shape index (κ3) is 5.67. The van der Waals surface area contributed by atoms with Gasteiger partial charge in [0.2, 0.25) is 5.91 Å². The van der Waals surface area contributed by atoms with E-state index in [0.717, 1.165) is 22.2 Å². The first-order valence-corrected chi connectivity index (χ1v) is 13.7. The summed E-state index contributed by atoms with van der Waals surface area (Å²) >= 11 is 0. The summed E-state index contributed by atoms with van der Waals surface area (Å²) in [5.74, 6) is -0.625. The monoisotopic (exact) mass is 581 g/mol. The molecule has 3 N–H and O–H groups in total. The van der Waals surface area contributed by atoms with Crippen molar-refractivity contribution in [3.05, 3.63) is 106 Å². The average molecular weight is 582 g/mol. The highest BCUT2D eigenvalue weighted by atomic mass is 19.1. The number of nitrogens with zero attached hydrogens (tertiary/aromatic N) is 4. The number of carbonyl (C=O) groups excluding carboxylic acids is 2. The van der Waals surface area contributed by atoms with Crippen molar-refractivity contribution in [2.24, 2.45) is 0 Å². The number of carbonyl (C=O) groups is 2. The fraction of sp³-hybridized carbons (Fsp3) is 0.219. The first-order valence-electron chi connectivity index (χ1n) is 13.7. The van der Waals surface area contributed by atoms with Crippen LogP contribution in [0.5, 0.6) is 0 Å². The number of halogens is 1. The van der Waals surface area contributed by atoms with E-state index >= 15 is 0 Å². The van der Waals surface area contributed by atoms with Gasteiger partial charge in [-0.25, -0.2) is 9.37 Å². The molecule has 1 unspecified atom stereocenters. The summed E-state index contributed by atoms with van der Waals surface area (Å²) in [4.78, 5) is 48.1. The Hall–Kier alpha value is -5.16. The van der Waals surface area contributed by atoms with Gasteiger partial charge in [0.1, 0.15) is 17.3 Å². The van der Waals surface area contributed by atoms with Crippen LogP contribution in [-0.4, -0.2) is 51.1 Å². The van der Waals surface area contributed by atoms with Crippen molar-refractivity contribution < 1.29 is 14.0 Å². The third-order valence-corrected chi connectivity index (χ3v) is 7.54. The Morgan fingerprint density at radius 3 is 2.58 bits per heavy atom. The molecule has 0 aliphatic heterocycles. The normalized spacial score (nSPS) is 11.9. The van der Waals surface area contributed by atoms with Crippen LogP contribution in [0.3, 0.4) is 0 Å². The van der Waals surface area contributed by atoms with E-state index in [9.17, 15) is 18.8 Å². The van der Waals surface area contributed by atoms with Gasteiger partial charge >= 0.3 is 0 Å². The molecule has 0 saturated carbocycles. The molecule has 0 radical (unpaired) electrons. The zero-order valence-corrected chi connectivity index (χ0v) is 24.5. The molecule has 0 spiro atoms. The highest BCUT2D eigenvalue weighted by Gasteiger charge is 2.20. The Morgan fingerprint density at radius 2 is 1.84 bits per heavy atom. The number of rotatable bonds is 8. The highest BCUT2D eigenvalue weighted by molar-refractivity contribution is 5.97. The largest absolute Gasteiger partial charge is 0.355 e. The van der Waals surface area contributed by atoms with Crippen LogP contribution in [0, 0.1) is 19.7 Å². The van der Waals surface area contributed by atoms with Crippen LogP contribution in [-0.2, 0) is 11.3 Å². The molecule has 5 rings (SSSR count). The lowest BCUT2D eigenvalue weighted by Gasteiger charge is -2.18. The second-order valence-corrected chi connectivity index (χ2v) is 10.3. The van der Waals surface area contributed by atoms with Gasteiger partial charge in [-0.3, -0.25) is 23.9 Å². The number of anilines is 1. The zero-order chi connectivity index (χ0) is 30.8. The number of benzene rings is 2. The SMILES string of the molecule is CNC(=O)c1cccc(-c2ncc(NC(=O)C(C)NC)c(=O)n2Cc2cncc(-n3cc(C)c4cc(F)ccc43)c2)c1C. The molecule has 220 valence electrons. The molecular weight excluding hydrogens is 549 g/mol. The molecule has 11 heteroatoms. The third-order valence-electron chi connectivity index (χ3n) is 7.54. The number of fused-ring (bicyclic) bond motifs is 1. The van der Waals surface area contributed by atoms with Gasteiger partial charge in [-0.05, 0) is 74.8 Å². The molecule has 0 bridgehead atoms. The van der Waals surface area contributed by atoms with Gasteiger partial charge in [-0.15, -0.1) is 0 Å². The molecule has 3 heterocycles. The molecule has 5 aromatic rings. The Labute approximate surface area is 247 Å². The summed E-state index contributed by atoms with van der Waals surface area (Å²) in [5, 5.41) is 8.96. The van der Waals surface area contributed by atoms with Gasteiger partial charge in [-0.2, -0.15) is 0 Å². The van der Waals surface area contributed by atoms with Gasteiger partial charge in [0.05, 0.1) is 36.2 Å². The maximum atomic E-state index is 13.9. The van der Waals surface area contributed by atoms with Crippen molar-refractivity contribution in [1.82, 2.24) is 29.7 Å². The van der Waals surface area contributed by atoms with E-state index in [1.807, 2.05) is 23.8 Å². The summed E-state index contributed by atoms with van der Waals surface area (Å²) in [6.07, 6.45) is 6.60. The molecule has 0 saturated heterocycles. The maximum absolute atomic E-state index is 13.9. The second kappa shape index (κ2) is 12.0. The van der Waals surface area contributed by atoms with Crippen molar-refractivity contribution in [3.63, 3.8) is 0 Å². The Balaban J connectivity index is 1.63. The number of amides is 2. The van der Waals surface area contributed by atoms with Gasteiger partial charge in [0, 0.05) is 36.0 Å². The number of pyridine rings is 1. The molecular formula is C32H32FN7O3. The van der Waals surface area contributed by atoms with Gasteiger partial charge in [0.25, 0.3) is 11.5 Å². The summed E-state index contributed by atoms with van der Waals surface area (Å²) in [6.45, 7) is 5.47. The summed E-state index contributed by atoms with van der Waals surface area (Å²) < 4.78 is 17.3. The number of hydrogen-bond acceptors (Lipinski definition) is 6. The zero-order valence-electron chi connectivity index (χ0n) is 24.5. The molecule has 2 amide bonds. The number of aryl methyl sites for hydroxylation is 1. The predicted octanol–water partition coefficient (Wildman–Crippen LogP) is 3.96. The van der Waals surface area contributed by atoms with E-state index in [1.165, 1.54) is 22.9 Å². The van der Waals surface area contributed by atoms with E-state index < -0.39 is 11.6 Å². The molecule has 10 nitrogen and oxygen atoms in total. The Bertz CT molecular complexity index is 1930.